The van der Waals surface area contributed by atoms with Crippen molar-refractivity contribution in [2.75, 3.05) is 31.4 Å². The van der Waals surface area contributed by atoms with E-state index in [1.54, 1.807) is 30.9 Å². The maximum atomic E-state index is 11.9. The molecule has 3 heterocycles. The molecule has 3 aromatic rings. The zero-order valence-electron chi connectivity index (χ0n) is 16.8. The lowest BCUT2D eigenvalue weighted by Gasteiger charge is -2.29. The van der Waals surface area contributed by atoms with Gasteiger partial charge in [0.2, 0.25) is 0 Å². The average Bonchev–Trinajstić information content (AvgIpc) is 3.20. The van der Waals surface area contributed by atoms with Crippen molar-refractivity contribution < 1.29 is 9.29 Å². The summed E-state index contributed by atoms with van der Waals surface area (Å²) in [5.74, 6) is 1.57. The van der Waals surface area contributed by atoms with Gasteiger partial charge in [0.15, 0.2) is 5.13 Å². The number of piperidine rings is 1. The van der Waals surface area contributed by atoms with Crippen molar-refractivity contribution >= 4 is 27.6 Å². The molecule has 29 heavy (non-hydrogen) atoms. The number of anilines is 1. The minimum Gasteiger partial charge on any atom is -0.609 e. The van der Waals surface area contributed by atoms with Crippen LogP contribution >= 0.6 is 11.3 Å². The maximum Gasteiger partial charge on any atom is 0.342 e. The van der Waals surface area contributed by atoms with E-state index in [0.29, 0.717) is 5.16 Å². The lowest BCUT2D eigenvalue weighted by atomic mass is 10.00. The van der Waals surface area contributed by atoms with Crippen LogP contribution in [0.2, 0.25) is 0 Å². The molecule has 4 rings (SSSR count). The van der Waals surface area contributed by atoms with Gasteiger partial charge in [-0.25, -0.2) is 4.98 Å². The molecular formula is C21H24N4O2S2. The monoisotopic (exact) mass is 428 g/mol. The summed E-state index contributed by atoms with van der Waals surface area (Å²) >= 11 is 0.405. The largest absolute Gasteiger partial charge is 0.609 e. The lowest BCUT2D eigenvalue weighted by Crippen LogP contribution is -2.32. The van der Waals surface area contributed by atoms with Crippen LogP contribution in [-0.4, -0.2) is 46.0 Å². The summed E-state index contributed by atoms with van der Waals surface area (Å²) in [7, 11) is 1.66. The Balaban J connectivity index is 1.78. The standard InChI is InChI=1S/C21H24N4O2S2/c1-14-9-12-25(13-10-14)21-24-18(15-4-6-16(27-2)7-5-15)19(28-21)17-8-11-22-20(23-17)29(3)26/h4-8,11,14H,9-10,12-13H2,1-3H3. The maximum absolute atomic E-state index is 11.9. The van der Waals surface area contributed by atoms with Crippen molar-refractivity contribution in [3.8, 4) is 27.6 Å². The molecule has 0 bridgehead atoms. The third-order valence-electron chi connectivity index (χ3n) is 5.16. The highest BCUT2D eigenvalue weighted by Gasteiger charge is 2.23. The molecule has 0 aliphatic carbocycles. The Bertz CT molecular complexity index is 967. The van der Waals surface area contributed by atoms with E-state index >= 15 is 0 Å². The number of benzene rings is 1. The van der Waals surface area contributed by atoms with Gasteiger partial charge in [-0.2, -0.15) is 9.97 Å². The molecule has 152 valence electrons. The quantitative estimate of drug-likeness (QED) is 0.447. The van der Waals surface area contributed by atoms with E-state index in [2.05, 4.69) is 21.8 Å². The van der Waals surface area contributed by atoms with E-state index in [4.69, 9.17) is 9.72 Å². The van der Waals surface area contributed by atoms with Gasteiger partial charge in [-0.1, -0.05) is 18.3 Å². The van der Waals surface area contributed by atoms with Crippen molar-refractivity contribution in [3.05, 3.63) is 36.5 Å². The summed E-state index contributed by atoms with van der Waals surface area (Å²) in [4.78, 5) is 17.0. The second-order valence-corrected chi connectivity index (χ2v) is 9.50. The molecule has 0 radical (unpaired) electrons. The number of aromatic nitrogens is 3. The van der Waals surface area contributed by atoms with E-state index in [-0.39, 0.29) is 0 Å². The van der Waals surface area contributed by atoms with E-state index in [9.17, 15) is 4.55 Å². The summed E-state index contributed by atoms with van der Waals surface area (Å²) < 4.78 is 17.2. The molecule has 6 nitrogen and oxygen atoms in total. The van der Waals surface area contributed by atoms with Gasteiger partial charge in [-0.3, -0.25) is 0 Å². The van der Waals surface area contributed by atoms with Crippen LogP contribution in [0.4, 0.5) is 5.13 Å². The van der Waals surface area contributed by atoms with E-state index in [1.807, 2.05) is 30.3 Å². The molecule has 0 N–H and O–H groups in total. The molecule has 0 spiro atoms. The highest BCUT2D eigenvalue weighted by Crippen LogP contribution is 2.41. The number of rotatable bonds is 5. The highest BCUT2D eigenvalue weighted by atomic mass is 32.2. The third-order valence-corrected chi connectivity index (χ3v) is 7.01. The van der Waals surface area contributed by atoms with Crippen LogP contribution in [0, 0.1) is 5.92 Å². The van der Waals surface area contributed by atoms with Crippen LogP contribution < -0.4 is 9.64 Å². The second kappa shape index (κ2) is 8.69. The number of thiazole rings is 1. The smallest absolute Gasteiger partial charge is 0.342 e. The Morgan fingerprint density at radius 2 is 1.86 bits per heavy atom. The summed E-state index contributed by atoms with van der Waals surface area (Å²) in [5.41, 5.74) is 2.65. The predicted molar refractivity (Wildman–Crippen MR) is 118 cm³/mol. The third kappa shape index (κ3) is 4.39. The van der Waals surface area contributed by atoms with Gasteiger partial charge in [-0.05, 0) is 49.1 Å². The minimum atomic E-state index is -1.23. The Hall–Kier alpha value is -2.16. The fourth-order valence-electron chi connectivity index (χ4n) is 3.37. The highest BCUT2D eigenvalue weighted by molar-refractivity contribution is 7.90. The first kappa shape index (κ1) is 20.1. The molecule has 2 aromatic heterocycles. The van der Waals surface area contributed by atoms with Crippen LogP contribution in [0.15, 0.2) is 41.7 Å². The summed E-state index contributed by atoms with van der Waals surface area (Å²) in [6.45, 7) is 4.34. The van der Waals surface area contributed by atoms with Gasteiger partial charge in [0, 0.05) is 36.0 Å². The Morgan fingerprint density at radius 3 is 2.52 bits per heavy atom. The average molecular weight is 429 g/mol. The van der Waals surface area contributed by atoms with Crippen molar-refractivity contribution in [2.45, 2.75) is 24.9 Å². The molecule has 0 amide bonds. The number of hydrogen-bond acceptors (Lipinski definition) is 7. The van der Waals surface area contributed by atoms with Crippen LogP contribution in [0.5, 0.6) is 5.75 Å². The zero-order chi connectivity index (χ0) is 20.4. The summed E-state index contributed by atoms with van der Waals surface area (Å²) in [6.07, 6.45) is 5.62. The van der Waals surface area contributed by atoms with Crippen molar-refractivity contribution in [3.63, 3.8) is 0 Å². The predicted octanol–water partition coefficient (Wildman–Crippen LogP) is 4.25. The SMILES string of the molecule is COc1ccc(-c2nc(N3CCC(C)CC3)sc2-c2ccnc([S+](C)[O-])n2)cc1. The van der Waals surface area contributed by atoms with Gasteiger partial charge in [0.05, 0.1) is 23.4 Å². The molecule has 0 saturated carbocycles. The molecule has 1 atom stereocenters. The van der Waals surface area contributed by atoms with Crippen LogP contribution in [0.1, 0.15) is 19.8 Å². The first-order chi connectivity index (χ1) is 14.0. The topological polar surface area (TPSA) is 74.2 Å². The van der Waals surface area contributed by atoms with E-state index in [1.165, 1.54) is 12.8 Å². The normalized spacial score (nSPS) is 16.1. The first-order valence-corrected chi connectivity index (χ1v) is 12.0. The Labute approximate surface area is 178 Å². The fraction of sp³-hybridized carbons (Fsp3) is 0.381. The number of hydrogen-bond donors (Lipinski definition) is 0. The Morgan fingerprint density at radius 1 is 1.14 bits per heavy atom. The van der Waals surface area contributed by atoms with Crippen molar-refractivity contribution in [2.24, 2.45) is 5.92 Å². The Kier molecular flexibility index (Phi) is 6.03. The molecule has 1 saturated heterocycles. The fourth-order valence-corrected chi connectivity index (χ4v) is 4.91. The van der Waals surface area contributed by atoms with Crippen molar-refractivity contribution in [1.29, 1.82) is 0 Å². The van der Waals surface area contributed by atoms with Gasteiger partial charge in [0.1, 0.15) is 12.0 Å². The molecule has 8 heteroatoms. The molecule has 1 aliphatic heterocycles. The molecule has 1 aromatic carbocycles. The zero-order valence-corrected chi connectivity index (χ0v) is 18.4. The molecule has 1 aliphatic rings. The number of methoxy groups -OCH3 is 1. The molecule has 1 unspecified atom stereocenters. The second-order valence-electron chi connectivity index (χ2n) is 7.25. The van der Waals surface area contributed by atoms with Crippen LogP contribution in [0.25, 0.3) is 21.8 Å². The molecular weight excluding hydrogens is 404 g/mol. The van der Waals surface area contributed by atoms with Gasteiger partial charge < -0.3 is 14.2 Å². The lowest BCUT2D eigenvalue weighted by molar-refractivity contribution is 0.415. The molecule has 1 fully saturated rings. The van der Waals surface area contributed by atoms with Crippen molar-refractivity contribution in [1.82, 2.24) is 15.0 Å². The van der Waals surface area contributed by atoms with Crippen LogP contribution in [-0.2, 0) is 11.2 Å². The first-order valence-electron chi connectivity index (χ1n) is 9.62. The number of ether oxygens (including phenoxy) is 1. The number of nitrogens with zero attached hydrogens (tertiary/aromatic N) is 4. The van der Waals surface area contributed by atoms with Gasteiger partial charge in [0.25, 0.3) is 0 Å². The van der Waals surface area contributed by atoms with Gasteiger partial charge >= 0.3 is 5.16 Å². The summed E-state index contributed by atoms with van der Waals surface area (Å²) in [5, 5.41) is 1.35. The van der Waals surface area contributed by atoms with E-state index in [0.717, 1.165) is 51.7 Å². The van der Waals surface area contributed by atoms with E-state index < -0.39 is 11.2 Å². The minimum absolute atomic E-state index is 0.338. The van der Waals surface area contributed by atoms with Crippen LogP contribution in [0.3, 0.4) is 0 Å². The van der Waals surface area contributed by atoms with Gasteiger partial charge in [-0.15, -0.1) is 0 Å². The summed E-state index contributed by atoms with van der Waals surface area (Å²) in [6, 6.07) is 9.76.